The van der Waals surface area contributed by atoms with Crippen LogP contribution in [0, 0.1) is 0 Å². The summed E-state index contributed by atoms with van der Waals surface area (Å²) in [6.07, 6.45) is 1.40. The summed E-state index contributed by atoms with van der Waals surface area (Å²) in [6.45, 7) is 3.34. The zero-order chi connectivity index (χ0) is 14.5. The predicted molar refractivity (Wildman–Crippen MR) is 79.1 cm³/mol. The minimum atomic E-state index is -0.640. The molecule has 0 saturated carbocycles. The molecule has 1 aromatic carbocycles. The van der Waals surface area contributed by atoms with Crippen LogP contribution >= 0.6 is 11.6 Å². The molecule has 2 aliphatic heterocycles. The van der Waals surface area contributed by atoms with Crippen molar-refractivity contribution in [2.75, 3.05) is 23.3 Å². The Hall–Kier alpha value is -1.30. The lowest BCUT2D eigenvalue weighted by atomic mass is 9.93. The number of hydrogen-bond acceptors (Lipinski definition) is 4. The molecule has 1 fully saturated rings. The Kier molecular flexibility index (Phi) is 3.16. The SMILES string of the molecule is CC1(O)CCN(c2cc3c(cc2Cl)C(N)C(=O)N3)CC1. The van der Waals surface area contributed by atoms with Crippen molar-refractivity contribution in [2.24, 2.45) is 5.73 Å². The number of aliphatic hydroxyl groups is 1. The Labute approximate surface area is 122 Å². The molecule has 20 heavy (non-hydrogen) atoms. The number of rotatable bonds is 1. The van der Waals surface area contributed by atoms with Gasteiger partial charge in [-0.1, -0.05) is 11.6 Å². The van der Waals surface area contributed by atoms with Crippen LogP contribution in [0.5, 0.6) is 0 Å². The van der Waals surface area contributed by atoms with Gasteiger partial charge in [0.25, 0.3) is 0 Å². The van der Waals surface area contributed by atoms with E-state index < -0.39 is 11.6 Å². The number of amides is 1. The second kappa shape index (κ2) is 4.62. The maximum absolute atomic E-state index is 11.6. The Morgan fingerprint density at radius 2 is 2.10 bits per heavy atom. The van der Waals surface area contributed by atoms with Crippen LogP contribution in [-0.2, 0) is 4.79 Å². The van der Waals surface area contributed by atoms with E-state index in [9.17, 15) is 9.90 Å². The lowest BCUT2D eigenvalue weighted by molar-refractivity contribution is -0.116. The summed E-state index contributed by atoms with van der Waals surface area (Å²) in [4.78, 5) is 13.7. The Morgan fingerprint density at radius 3 is 2.75 bits per heavy atom. The third kappa shape index (κ3) is 2.26. The molecule has 1 aromatic rings. The summed E-state index contributed by atoms with van der Waals surface area (Å²) in [5, 5.41) is 13.4. The number of halogens is 1. The standard InChI is InChI=1S/C14H18ClN3O2/c1-14(20)2-4-18(5-3-14)11-7-10-8(6-9(11)15)12(16)13(19)17-10/h6-7,12,20H,2-5,16H2,1H3,(H,17,19). The number of anilines is 2. The summed E-state index contributed by atoms with van der Waals surface area (Å²) in [6, 6.07) is 3.00. The molecule has 2 aliphatic rings. The van der Waals surface area contributed by atoms with Crippen molar-refractivity contribution in [3.63, 3.8) is 0 Å². The molecule has 0 aromatic heterocycles. The molecule has 108 valence electrons. The molecule has 1 saturated heterocycles. The zero-order valence-corrected chi connectivity index (χ0v) is 12.1. The summed E-state index contributed by atoms with van der Waals surface area (Å²) in [5.41, 5.74) is 7.57. The van der Waals surface area contributed by atoms with Crippen LogP contribution in [0.25, 0.3) is 0 Å². The first-order valence-corrected chi connectivity index (χ1v) is 7.12. The average Bonchev–Trinajstić information content (AvgIpc) is 2.65. The number of nitrogens with two attached hydrogens (primary N) is 1. The maximum atomic E-state index is 11.6. The smallest absolute Gasteiger partial charge is 0.245 e. The number of benzene rings is 1. The molecular formula is C14H18ClN3O2. The van der Waals surface area contributed by atoms with Gasteiger partial charge in [0.15, 0.2) is 0 Å². The van der Waals surface area contributed by atoms with Gasteiger partial charge in [-0.25, -0.2) is 0 Å². The number of carbonyl (C=O) groups excluding carboxylic acids is 1. The first kappa shape index (κ1) is 13.7. The highest BCUT2D eigenvalue weighted by atomic mass is 35.5. The molecule has 5 nitrogen and oxygen atoms in total. The Balaban J connectivity index is 1.89. The van der Waals surface area contributed by atoms with Gasteiger partial charge < -0.3 is 21.1 Å². The van der Waals surface area contributed by atoms with Crippen molar-refractivity contribution in [3.8, 4) is 0 Å². The highest BCUT2D eigenvalue weighted by Crippen LogP contribution is 2.39. The lowest BCUT2D eigenvalue weighted by Crippen LogP contribution is -2.42. The topological polar surface area (TPSA) is 78.6 Å². The second-order valence-corrected chi connectivity index (χ2v) is 6.25. The normalized spacial score (nSPS) is 24.5. The van der Waals surface area contributed by atoms with Gasteiger partial charge in [-0.3, -0.25) is 4.79 Å². The van der Waals surface area contributed by atoms with E-state index in [2.05, 4.69) is 10.2 Å². The van der Waals surface area contributed by atoms with E-state index in [1.54, 1.807) is 6.07 Å². The number of piperidine rings is 1. The van der Waals surface area contributed by atoms with E-state index in [-0.39, 0.29) is 5.91 Å². The van der Waals surface area contributed by atoms with Crippen molar-refractivity contribution in [2.45, 2.75) is 31.4 Å². The highest BCUT2D eigenvalue weighted by Gasteiger charge is 2.31. The molecule has 6 heteroatoms. The molecule has 4 N–H and O–H groups in total. The summed E-state index contributed by atoms with van der Waals surface area (Å²) < 4.78 is 0. The molecular weight excluding hydrogens is 278 g/mol. The van der Waals surface area contributed by atoms with Crippen LogP contribution in [0.1, 0.15) is 31.4 Å². The van der Waals surface area contributed by atoms with Crippen LogP contribution in [-0.4, -0.2) is 29.7 Å². The molecule has 0 radical (unpaired) electrons. The van der Waals surface area contributed by atoms with Gasteiger partial charge in [0.05, 0.1) is 16.3 Å². The predicted octanol–water partition coefficient (Wildman–Crippen LogP) is 1.64. The number of nitrogens with zero attached hydrogens (tertiary/aromatic N) is 1. The van der Waals surface area contributed by atoms with Crippen LogP contribution in [0.2, 0.25) is 5.02 Å². The minimum Gasteiger partial charge on any atom is -0.390 e. The van der Waals surface area contributed by atoms with E-state index in [4.69, 9.17) is 17.3 Å². The minimum absolute atomic E-state index is 0.199. The third-order valence-corrected chi connectivity index (χ3v) is 4.48. The maximum Gasteiger partial charge on any atom is 0.245 e. The Morgan fingerprint density at radius 1 is 1.45 bits per heavy atom. The van der Waals surface area contributed by atoms with Crippen molar-refractivity contribution in [1.29, 1.82) is 0 Å². The summed E-state index contributed by atoms with van der Waals surface area (Å²) >= 11 is 6.33. The number of fused-ring (bicyclic) bond motifs is 1. The summed E-state index contributed by atoms with van der Waals surface area (Å²) in [5.74, 6) is -0.199. The largest absolute Gasteiger partial charge is 0.390 e. The van der Waals surface area contributed by atoms with E-state index >= 15 is 0 Å². The van der Waals surface area contributed by atoms with Crippen LogP contribution in [0.4, 0.5) is 11.4 Å². The fraction of sp³-hybridized carbons (Fsp3) is 0.500. The lowest BCUT2D eigenvalue weighted by Gasteiger charge is -2.37. The van der Waals surface area contributed by atoms with Crippen LogP contribution in [0.3, 0.4) is 0 Å². The number of nitrogens with one attached hydrogen (secondary N) is 1. The summed E-state index contributed by atoms with van der Waals surface area (Å²) in [7, 11) is 0. The van der Waals surface area contributed by atoms with Crippen molar-refractivity contribution < 1.29 is 9.90 Å². The van der Waals surface area contributed by atoms with E-state index in [0.717, 1.165) is 30.0 Å². The zero-order valence-electron chi connectivity index (χ0n) is 11.3. The van der Waals surface area contributed by atoms with Gasteiger partial charge in [0.1, 0.15) is 6.04 Å². The van der Waals surface area contributed by atoms with Gasteiger partial charge in [-0.2, -0.15) is 0 Å². The molecule has 0 bridgehead atoms. The fourth-order valence-corrected chi connectivity index (χ4v) is 3.06. The quantitative estimate of drug-likeness (QED) is 0.736. The van der Waals surface area contributed by atoms with Crippen LogP contribution < -0.4 is 16.0 Å². The van der Waals surface area contributed by atoms with Gasteiger partial charge >= 0.3 is 0 Å². The molecule has 0 spiro atoms. The molecule has 1 unspecified atom stereocenters. The van der Waals surface area contributed by atoms with E-state index in [1.807, 2.05) is 13.0 Å². The first-order chi connectivity index (χ1) is 9.37. The fourth-order valence-electron chi connectivity index (χ4n) is 2.77. The van der Waals surface area contributed by atoms with Gasteiger partial charge in [-0.15, -0.1) is 0 Å². The van der Waals surface area contributed by atoms with E-state index in [0.29, 0.717) is 17.9 Å². The van der Waals surface area contributed by atoms with Crippen molar-refractivity contribution in [1.82, 2.24) is 0 Å². The highest BCUT2D eigenvalue weighted by molar-refractivity contribution is 6.33. The average molecular weight is 296 g/mol. The molecule has 1 atom stereocenters. The molecule has 0 aliphatic carbocycles. The Bertz CT molecular complexity index is 564. The molecule has 3 rings (SSSR count). The molecule has 2 heterocycles. The second-order valence-electron chi connectivity index (χ2n) is 5.84. The number of carbonyl (C=O) groups is 1. The van der Waals surface area contributed by atoms with Crippen molar-refractivity contribution >= 4 is 28.9 Å². The van der Waals surface area contributed by atoms with Crippen LogP contribution in [0.15, 0.2) is 12.1 Å². The number of hydrogen-bond donors (Lipinski definition) is 3. The van der Waals surface area contributed by atoms with Gasteiger partial charge in [0.2, 0.25) is 5.91 Å². The first-order valence-electron chi connectivity index (χ1n) is 6.75. The molecule has 1 amide bonds. The van der Waals surface area contributed by atoms with Gasteiger partial charge in [-0.05, 0) is 31.9 Å². The van der Waals surface area contributed by atoms with E-state index in [1.165, 1.54) is 0 Å². The third-order valence-electron chi connectivity index (χ3n) is 4.18. The monoisotopic (exact) mass is 295 g/mol. The van der Waals surface area contributed by atoms with Gasteiger partial charge in [0, 0.05) is 24.3 Å². The van der Waals surface area contributed by atoms with Crippen molar-refractivity contribution in [3.05, 3.63) is 22.7 Å².